The first-order valence-electron chi connectivity index (χ1n) is 11.5. The number of urea groups is 1. The molecule has 3 aromatic carbocycles. The summed E-state index contributed by atoms with van der Waals surface area (Å²) in [6.45, 7) is 4.60. The summed E-state index contributed by atoms with van der Waals surface area (Å²) in [6.07, 6.45) is 2.26. The fourth-order valence-corrected chi connectivity index (χ4v) is 4.32. The molecule has 0 atom stereocenters. The number of aryl methyl sites for hydroxylation is 1. The van der Waals surface area contributed by atoms with Crippen molar-refractivity contribution in [2.45, 2.75) is 26.9 Å². The first-order valence-corrected chi connectivity index (χ1v) is 12.3. The monoisotopic (exact) mass is 548 g/mol. The van der Waals surface area contributed by atoms with Gasteiger partial charge in [-0.05, 0) is 76.3 Å². The first kappa shape index (κ1) is 25.2. The van der Waals surface area contributed by atoms with E-state index in [-0.39, 0.29) is 5.57 Å². The molecule has 0 saturated carbocycles. The van der Waals surface area contributed by atoms with E-state index in [2.05, 4.69) is 21.2 Å². The van der Waals surface area contributed by atoms with Crippen LogP contribution in [0.25, 0.3) is 6.08 Å². The fraction of sp³-hybridized carbons (Fsp3) is 0.179. The molecular formula is C28H25BrN2O5. The molecule has 0 spiro atoms. The predicted molar refractivity (Wildman–Crippen MR) is 141 cm³/mol. The Bertz CT molecular complexity index is 1320. The number of anilines is 1. The third kappa shape index (κ3) is 5.49. The number of halogens is 1. The summed E-state index contributed by atoms with van der Waals surface area (Å²) in [5, 5.41) is 2.25. The topological polar surface area (TPSA) is 84.9 Å². The van der Waals surface area contributed by atoms with Gasteiger partial charge in [-0.1, -0.05) is 49.4 Å². The highest BCUT2D eigenvalue weighted by Crippen LogP contribution is 2.38. The maximum atomic E-state index is 13.2. The Morgan fingerprint density at radius 1 is 0.917 bits per heavy atom. The molecular weight excluding hydrogens is 524 g/mol. The number of barbiturate groups is 1. The van der Waals surface area contributed by atoms with E-state index in [0.29, 0.717) is 40.4 Å². The minimum atomic E-state index is -0.785. The van der Waals surface area contributed by atoms with E-state index in [0.717, 1.165) is 22.4 Å². The van der Waals surface area contributed by atoms with Crippen LogP contribution in [0.1, 0.15) is 30.5 Å². The average molecular weight is 549 g/mol. The number of imide groups is 2. The van der Waals surface area contributed by atoms with E-state index >= 15 is 0 Å². The molecule has 4 rings (SSSR count). The van der Waals surface area contributed by atoms with Gasteiger partial charge >= 0.3 is 6.03 Å². The quantitative estimate of drug-likeness (QED) is 0.290. The van der Waals surface area contributed by atoms with Crippen molar-refractivity contribution in [2.75, 3.05) is 11.5 Å². The van der Waals surface area contributed by atoms with E-state index < -0.39 is 17.8 Å². The Morgan fingerprint density at radius 3 is 2.31 bits per heavy atom. The zero-order valence-electron chi connectivity index (χ0n) is 19.9. The Kier molecular flexibility index (Phi) is 7.85. The molecule has 3 aromatic rings. The number of nitrogens with one attached hydrogen (secondary N) is 1. The van der Waals surface area contributed by atoms with Crippen molar-refractivity contribution in [2.24, 2.45) is 0 Å². The van der Waals surface area contributed by atoms with Crippen LogP contribution in [0.3, 0.4) is 0 Å². The molecule has 0 aliphatic carbocycles. The second-order valence-electron chi connectivity index (χ2n) is 8.02. The molecule has 4 amide bonds. The maximum absolute atomic E-state index is 13.2. The van der Waals surface area contributed by atoms with Gasteiger partial charge in [0.05, 0.1) is 16.8 Å². The maximum Gasteiger partial charge on any atom is 0.335 e. The molecule has 1 aliphatic heterocycles. The lowest BCUT2D eigenvalue weighted by molar-refractivity contribution is -0.122. The second-order valence-corrected chi connectivity index (χ2v) is 8.87. The summed E-state index contributed by atoms with van der Waals surface area (Å²) in [5.74, 6) is -0.493. The van der Waals surface area contributed by atoms with Gasteiger partial charge in [-0.15, -0.1) is 0 Å². The SMILES string of the molecule is CCOc1cc(/C=C2/C(=O)NC(=O)N(c3ccc(CC)cc3)C2=O)cc(Br)c1OCc1ccccc1. The lowest BCUT2D eigenvalue weighted by Gasteiger charge is -2.26. The van der Waals surface area contributed by atoms with Crippen molar-refractivity contribution in [1.82, 2.24) is 5.32 Å². The van der Waals surface area contributed by atoms with Crippen LogP contribution in [-0.4, -0.2) is 24.5 Å². The van der Waals surface area contributed by atoms with Gasteiger partial charge in [0.1, 0.15) is 12.2 Å². The molecule has 0 radical (unpaired) electrons. The molecule has 184 valence electrons. The van der Waals surface area contributed by atoms with E-state index in [1.165, 1.54) is 6.08 Å². The molecule has 0 bridgehead atoms. The molecule has 1 N–H and O–H groups in total. The van der Waals surface area contributed by atoms with Gasteiger partial charge in [0.2, 0.25) is 0 Å². The summed E-state index contributed by atoms with van der Waals surface area (Å²) in [6, 6.07) is 19.4. The van der Waals surface area contributed by atoms with Gasteiger partial charge in [-0.3, -0.25) is 14.9 Å². The molecule has 0 unspecified atom stereocenters. The largest absolute Gasteiger partial charge is 0.490 e. The normalized spacial score (nSPS) is 14.7. The van der Waals surface area contributed by atoms with Crippen LogP contribution in [0.5, 0.6) is 11.5 Å². The van der Waals surface area contributed by atoms with Gasteiger partial charge in [-0.2, -0.15) is 0 Å². The van der Waals surface area contributed by atoms with Crippen molar-refractivity contribution >= 4 is 45.5 Å². The van der Waals surface area contributed by atoms with Crippen LogP contribution < -0.4 is 19.7 Å². The molecule has 1 fully saturated rings. The number of rotatable bonds is 8. The molecule has 36 heavy (non-hydrogen) atoms. The minimum absolute atomic E-state index is 0.165. The summed E-state index contributed by atoms with van der Waals surface area (Å²) < 4.78 is 12.4. The number of amides is 4. The van der Waals surface area contributed by atoms with E-state index in [4.69, 9.17) is 9.47 Å². The van der Waals surface area contributed by atoms with Crippen LogP contribution in [0, 0.1) is 0 Å². The molecule has 1 aliphatic rings. The van der Waals surface area contributed by atoms with Crippen molar-refractivity contribution in [3.05, 3.63) is 93.5 Å². The zero-order chi connectivity index (χ0) is 25.7. The van der Waals surface area contributed by atoms with Crippen LogP contribution in [0.15, 0.2) is 76.8 Å². The lowest BCUT2D eigenvalue weighted by Crippen LogP contribution is -2.54. The van der Waals surface area contributed by atoms with E-state index in [1.807, 2.05) is 56.3 Å². The first-order chi connectivity index (χ1) is 17.4. The summed E-state index contributed by atoms with van der Waals surface area (Å²) in [7, 11) is 0. The molecule has 0 aromatic heterocycles. The van der Waals surface area contributed by atoms with Gasteiger partial charge in [0.25, 0.3) is 11.8 Å². The average Bonchev–Trinajstić information content (AvgIpc) is 2.87. The standard InChI is InChI=1S/C28H25BrN2O5/c1-3-18-10-12-21(13-11-18)31-27(33)22(26(32)30-28(31)34)14-20-15-23(29)25(24(16-20)35-4-2)36-17-19-8-6-5-7-9-19/h5-16H,3-4,17H2,1-2H3,(H,30,32,34)/b22-14-. The van der Waals surface area contributed by atoms with Gasteiger partial charge in [0.15, 0.2) is 11.5 Å². The smallest absolute Gasteiger partial charge is 0.335 e. The molecule has 1 heterocycles. The molecule has 7 nitrogen and oxygen atoms in total. The number of benzene rings is 3. The highest BCUT2D eigenvalue weighted by atomic mass is 79.9. The van der Waals surface area contributed by atoms with Gasteiger partial charge in [0, 0.05) is 0 Å². The van der Waals surface area contributed by atoms with E-state index in [9.17, 15) is 14.4 Å². The highest BCUT2D eigenvalue weighted by Gasteiger charge is 2.36. The van der Waals surface area contributed by atoms with Crippen molar-refractivity contribution in [3.8, 4) is 11.5 Å². The zero-order valence-corrected chi connectivity index (χ0v) is 21.5. The second kappa shape index (κ2) is 11.2. The van der Waals surface area contributed by atoms with Gasteiger partial charge < -0.3 is 9.47 Å². The summed E-state index contributed by atoms with van der Waals surface area (Å²) in [4.78, 5) is 39.3. The Labute approximate surface area is 217 Å². The highest BCUT2D eigenvalue weighted by molar-refractivity contribution is 9.10. The van der Waals surface area contributed by atoms with Crippen LogP contribution >= 0.6 is 15.9 Å². The van der Waals surface area contributed by atoms with Crippen molar-refractivity contribution in [3.63, 3.8) is 0 Å². The number of nitrogens with zero attached hydrogens (tertiary/aromatic N) is 1. The number of carbonyl (C=O) groups excluding carboxylic acids is 3. The number of hydrogen-bond donors (Lipinski definition) is 1. The Balaban J connectivity index is 1.65. The van der Waals surface area contributed by atoms with Crippen molar-refractivity contribution < 1.29 is 23.9 Å². The fourth-order valence-electron chi connectivity index (χ4n) is 3.74. The summed E-state index contributed by atoms with van der Waals surface area (Å²) in [5.41, 5.74) is 2.82. The van der Waals surface area contributed by atoms with Crippen LogP contribution in [0.2, 0.25) is 0 Å². The predicted octanol–water partition coefficient (Wildman–Crippen LogP) is 5.66. The minimum Gasteiger partial charge on any atom is -0.490 e. The molecule has 1 saturated heterocycles. The number of hydrogen-bond acceptors (Lipinski definition) is 5. The Morgan fingerprint density at radius 2 is 1.64 bits per heavy atom. The summed E-state index contributed by atoms with van der Waals surface area (Å²) >= 11 is 3.52. The van der Waals surface area contributed by atoms with Crippen LogP contribution in [-0.2, 0) is 22.6 Å². The number of ether oxygens (including phenoxy) is 2. The lowest BCUT2D eigenvalue weighted by atomic mass is 10.1. The number of carbonyl (C=O) groups is 3. The van der Waals surface area contributed by atoms with E-state index in [1.54, 1.807) is 24.3 Å². The Hall–Kier alpha value is -3.91. The third-order valence-electron chi connectivity index (χ3n) is 5.57. The molecule has 8 heteroatoms. The van der Waals surface area contributed by atoms with Crippen molar-refractivity contribution in [1.29, 1.82) is 0 Å². The van der Waals surface area contributed by atoms with Crippen LogP contribution in [0.4, 0.5) is 10.5 Å². The third-order valence-corrected chi connectivity index (χ3v) is 6.16. The van der Waals surface area contributed by atoms with Gasteiger partial charge in [-0.25, -0.2) is 9.69 Å².